The van der Waals surface area contributed by atoms with E-state index in [2.05, 4.69) is 44.1 Å². The lowest BCUT2D eigenvalue weighted by Gasteiger charge is -2.10. The Kier molecular flexibility index (Phi) is 7.67. The van der Waals surface area contributed by atoms with E-state index in [9.17, 15) is 0 Å². The largest absolute Gasteiger partial charge is 0.489 e. The van der Waals surface area contributed by atoms with Crippen molar-refractivity contribution in [2.24, 2.45) is 10.9 Å². The number of hydrogen-bond donors (Lipinski definition) is 2. The van der Waals surface area contributed by atoms with E-state index in [1.807, 2.05) is 30.3 Å². The van der Waals surface area contributed by atoms with E-state index in [0.717, 1.165) is 33.1 Å². The van der Waals surface area contributed by atoms with Crippen LogP contribution in [0.5, 0.6) is 11.5 Å². The van der Waals surface area contributed by atoms with Crippen molar-refractivity contribution in [2.45, 2.75) is 39.9 Å². The van der Waals surface area contributed by atoms with Crippen LogP contribution in [0, 0.1) is 6.92 Å². The second kappa shape index (κ2) is 11.1. The number of aromatic nitrogens is 1. The van der Waals surface area contributed by atoms with Gasteiger partial charge in [-0.3, -0.25) is 0 Å². The molecule has 0 aliphatic carbocycles. The van der Waals surface area contributed by atoms with Crippen molar-refractivity contribution in [3.05, 3.63) is 99.4 Å². The normalized spacial score (nSPS) is 11.6. The highest BCUT2D eigenvalue weighted by Gasteiger charge is 2.14. The molecule has 3 aromatic carbocycles. The Morgan fingerprint density at radius 2 is 1.51 bits per heavy atom. The molecule has 0 amide bonds. The quantitative estimate of drug-likeness (QED) is 0.122. The van der Waals surface area contributed by atoms with E-state index in [0.29, 0.717) is 30.4 Å². The fraction of sp³-hybridized carbons (Fsp3) is 0.214. The molecule has 3 N–H and O–H groups in total. The molecule has 6 nitrogen and oxygen atoms in total. The number of nitrogens with zero attached hydrogens (tertiary/aromatic N) is 2. The van der Waals surface area contributed by atoms with E-state index in [-0.39, 0.29) is 5.84 Å². The first-order valence-corrected chi connectivity index (χ1v) is 12.2. The van der Waals surface area contributed by atoms with Crippen LogP contribution in [-0.4, -0.2) is 16.0 Å². The van der Waals surface area contributed by atoms with Crippen LogP contribution in [0.2, 0.25) is 0 Å². The fourth-order valence-corrected chi connectivity index (χ4v) is 4.62. The van der Waals surface area contributed by atoms with Crippen molar-refractivity contribution in [3.63, 3.8) is 0 Å². The molecule has 0 saturated heterocycles. The van der Waals surface area contributed by atoms with Crippen LogP contribution in [0.15, 0.2) is 78.0 Å². The average Bonchev–Trinajstić information content (AvgIpc) is 3.28. The standard InChI is InChI=1S/C28H29N3O3S/c1-18(2)27-26(30-19(3)35-27)22-7-11-24(12-8-22)33-16-20-5-4-6-21(15-20)17-34-25-13-9-23(10-14-25)28(29)31-32/h4-15,18,32H,16-17H2,1-3H3,(H2,29,31). The molecule has 1 aromatic heterocycles. The molecule has 7 heteroatoms. The van der Waals surface area contributed by atoms with Crippen molar-refractivity contribution in [1.29, 1.82) is 0 Å². The molecule has 0 aliphatic heterocycles. The van der Waals surface area contributed by atoms with Gasteiger partial charge in [0.25, 0.3) is 0 Å². The summed E-state index contributed by atoms with van der Waals surface area (Å²) >= 11 is 1.76. The smallest absolute Gasteiger partial charge is 0.170 e. The minimum Gasteiger partial charge on any atom is -0.489 e. The van der Waals surface area contributed by atoms with Crippen LogP contribution in [0.3, 0.4) is 0 Å². The predicted octanol–water partition coefficient (Wildman–Crippen LogP) is 6.49. The minimum atomic E-state index is 0.0671. The van der Waals surface area contributed by atoms with Crippen LogP contribution in [-0.2, 0) is 13.2 Å². The first-order valence-electron chi connectivity index (χ1n) is 11.4. The number of amidine groups is 1. The zero-order chi connectivity index (χ0) is 24.8. The van der Waals surface area contributed by atoms with Gasteiger partial charge >= 0.3 is 0 Å². The lowest BCUT2D eigenvalue weighted by atomic mass is 10.1. The van der Waals surface area contributed by atoms with E-state index in [1.54, 1.807) is 35.6 Å². The van der Waals surface area contributed by atoms with Gasteiger partial charge in [0.15, 0.2) is 5.84 Å². The van der Waals surface area contributed by atoms with Crippen molar-refractivity contribution < 1.29 is 14.7 Å². The van der Waals surface area contributed by atoms with Crippen molar-refractivity contribution in [2.75, 3.05) is 0 Å². The molecule has 35 heavy (non-hydrogen) atoms. The summed E-state index contributed by atoms with van der Waals surface area (Å²) in [5.41, 5.74) is 10.5. The average molecular weight is 488 g/mol. The molecule has 0 atom stereocenters. The summed E-state index contributed by atoms with van der Waals surface area (Å²) in [5.74, 6) is 2.04. The number of thiazole rings is 1. The fourth-order valence-electron chi connectivity index (χ4n) is 3.67. The van der Waals surface area contributed by atoms with Crippen LogP contribution in [0.4, 0.5) is 0 Å². The maximum atomic E-state index is 8.76. The SMILES string of the molecule is Cc1nc(-c2ccc(OCc3cccc(COc4ccc(/C(N)=N/O)cc4)c3)cc2)c(C(C)C)s1. The maximum Gasteiger partial charge on any atom is 0.170 e. The summed E-state index contributed by atoms with van der Waals surface area (Å²) in [6.07, 6.45) is 0. The first kappa shape index (κ1) is 24.3. The monoisotopic (exact) mass is 487 g/mol. The molecule has 0 unspecified atom stereocenters. The zero-order valence-corrected chi connectivity index (χ0v) is 20.9. The molecule has 0 fully saturated rings. The molecule has 0 saturated carbocycles. The van der Waals surface area contributed by atoms with Crippen LogP contribution >= 0.6 is 11.3 Å². The molecule has 180 valence electrons. The highest BCUT2D eigenvalue weighted by molar-refractivity contribution is 7.12. The van der Waals surface area contributed by atoms with Gasteiger partial charge in [-0.05, 0) is 78.6 Å². The second-order valence-corrected chi connectivity index (χ2v) is 9.77. The molecule has 0 spiro atoms. The van der Waals surface area contributed by atoms with E-state index >= 15 is 0 Å². The summed E-state index contributed by atoms with van der Waals surface area (Å²) in [7, 11) is 0. The third kappa shape index (κ3) is 6.19. The lowest BCUT2D eigenvalue weighted by Crippen LogP contribution is -2.12. The number of hydrogen-bond acceptors (Lipinski definition) is 6. The Morgan fingerprint density at radius 1 is 0.943 bits per heavy atom. The number of nitrogens with two attached hydrogens (primary N) is 1. The van der Waals surface area contributed by atoms with Crippen molar-refractivity contribution >= 4 is 17.2 Å². The molecule has 0 radical (unpaired) electrons. The van der Waals surface area contributed by atoms with Crippen LogP contribution < -0.4 is 15.2 Å². The first-order chi connectivity index (χ1) is 16.9. The van der Waals surface area contributed by atoms with Gasteiger partial charge in [-0.25, -0.2) is 4.98 Å². The number of benzene rings is 3. The molecular weight excluding hydrogens is 458 g/mol. The van der Waals surface area contributed by atoms with Gasteiger partial charge in [0.05, 0.1) is 10.7 Å². The zero-order valence-electron chi connectivity index (χ0n) is 20.1. The molecule has 4 aromatic rings. The van der Waals surface area contributed by atoms with Gasteiger partial charge < -0.3 is 20.4 Å². The third-order valence-electron chi connectivity index (χ3n) is 5.47. The number of oxime groups is 1. The third-order valence-corrected chi connectivity index (χ3v) is 6.74. The summed E-state index contributed by atoms with van der Waals surface area (Å²) < 4.78 is 11.9. The second-order valence-electron chi connectivity index (χ2n) is 8.53. The minimum absolute atomic E-state index is 0.0671. The number of rotatable bonds is 9. The van der Waals surface area contributed by atoms with Gasteiger partial charge in [-0.15, -0.1) is 11.3 Å². The Labute approximate surface area is 209 Å². The molecule has 0 bridgehead atoms. The Bertz CT molecular complexity index is 1300. The van der Waals surface area contributed by atoms with E-state index in [4.69, 9.17) is 25.4 Å². The van der Waals surface area contributed by atoms with Gasteiger partial charge in [-0.1, -0.05) is 37.2 Å². The van der Waals surface area contributed by atoms with E-state index < -0.39 is 0 Å². The van der Waals surface area contributed by atoms with Gasteiger partial charge in [0, 0.05) is 16.0 Å². The van der Waals surface area contributed by atoms with Crippen molar-refractivity contribution in [1.82, 2.24) is 4.98 Å². The number of aryl methyl sites for hydroxylation is 1. The lowest BCUT2D eigenvalue weighted by molar-refractivity contribution is 0.300. The Balaban J connectivity index is 1.34. The highest BCUT2D eigenvalue weighted by atomic mass is 32.1. The summed E-state index contributed by atoms with van der Waals surface area (Å²) in [6.45, 7) is 7.35. The van der Waals surface area contributed by atoms with Gasteiger partial charge in [-0.2, -0.15) is 0 Å². The molecule has 1 heterocycles. The summed E-state index contributed by atoms with van der Waals surface area (Å²) in [4.78, 5) is 6.05. The van der Waals surface area contributed by atoms with Crippen LogP contribution in [0.1, 0.15) is 46.3 Å². The van der Waals surface area contributed by atoms with Gasteiger partial charge in [0.1, 0.15) is 24.7 Å². The van der Waals surface area contributed by atoms with Crippen LogP contribution in [0.25, 0.3) is 11.3 Å². The van der Waals surface area contributed by atoms with E-state index in [1.165, 1.54) is 4.88 Å². The predicted molar refractivity (Wildman–Crippen MR) is 140 cm³/mol. The van der Waals surface area contributed by atoms with Gasteiger partial charge in [0.2, 0.25) is 0 Å². The Hall–Kier alpha value is -3.84. The summed E-state index contributed by atoms with van der Waals surface area (Å²) in [5, 5.41) is 12.8. The number of ether oxygens (including phenoxy) is 2. The molecular formula is C28H29N3O3S. The molecule has 0 aliphatic rings. The topological polar surface area (TPSA) is 90.0 Å². The summed E-state index contributed by atoms with van der Waals surface area (Å²) in [6, 6.07) is 23.4. The molecule has 4 rings (SSSR count). The highest BCUT2D eigenvalue weighted by Crippen LogP contribution is 2.34. The Morgan fingerprint density at radius 3 is 2.06 bits per heavy atom. The maximum absolute atomic E-state index is 8.76. The van der Waals surface area contributed by atoms with Crippen molar-refractivity contribution in [3.8, 4) is 22.8 Å².